The van der Waals surface area contributed by atoms with Crippen molar-refractivity contribution in [2.24, 2.45) is 0 Å². The number of morpholine rings is 1. The Labute approximate surface area is 140 Å². The maximum absolute atomic E-state index is 11.9. The number of tetrazole rings is 1. The smallest absolute Gasteiger partial charge is 0.241 e. The van der Waals surface area contributed by atoms with E-state index in [2.05, 4.69) is 37.9 Å². The monoisotopic (exact) mass is 330 g/mol. The van der Waals surface area contributed by atoms with Crippen LogP contribution < -0.4 is 5.32 Å². The first kappa shape index (κ1) is 16.5. The van der Waals surface area contributed by atoms with E-state index in [0.29, 0.717) is 25.6 Å². The minimum absolute atomic E-state index is 0.0974. The number of hydrogen-bond acceptors (Lipinski definition) is 6. The molecule has 1 aliphatic heterocycles. The summed E-state index contributed by atoms with van der Waals surface area (Å²) in [4.78, 5) is 14.2. The molecule has 2 heterocycles. The molecule has 1 fully saturated rings. The van der Waals surface area contributed by atoms with Gasteiger partial charge in [0, 0.05) is 19.6 Å². The van der Waals surface area contributed by atoms with Crippen molar-refractivity contribution in [1.82, 2.24) is 30.4 Å². The van der Waals surface area contributed by atoms with Gasteiger partial charge in [0.2, 0.25) is 5.91 Å². The van der Waals surface area contributed by atoms with E-state index in [1.807, 2.05) is 25.1 Å². The van der Waals surface area contributed by atoms with Gasteiger partial charge in [0.1, 0.15) is 6.54 Å². The molecule has 3 rings (SSSR count). The Morgan fingerprint density at radius 3 is 2.75 bits per heavy atom. The molecule has 1 amide bonds. The molecule has 0 spiro atoms. The van der Waals surface area contributed by atoms with Gasteiger partial charge in [-0.1, -0.05) is 30.3 Å². The number of nitrogens with zero attached hydrogens (tertiary/aromatic N) is 5. The molecule has 1 aromatic heterocycles. The molecular weight excluding hydrogens is 308 g/mol. The fourth-order valence-corrected chi connectivity index (χ4v) is 2.90. The largest absolute Gasteiger partial charge is 0.379 e. The van der Waals surface area contributed by atoms with E-state index in [-0.39, 0.29) is 18.5 Å². The Bertz CT molecular complexity index is 654. The zero-order chi connectivity index (χ0) is 16.8. The van der Waals surface area contributed by atoms with Gasteiger partial charge in [-0.2, -0.15) is 0 Å². The standard InChI is InChI=1S/C16H22N6O2/c1-2-17-14(23)12-22-16(18-19-20-22)15(13-6-4-3-5-7-13)21-8-10-24-11-9-21/h3-7,15H,2,8-12H2,1H3,(H,17,23)/t15-/m0/s1. The Morgan fingerprint density at radius 2 is 2.04 bits per heavy atom. The van der Waals surface area contributed by atoms with Crippen LogP contribution in [0.4, 0.5) is 0 Å². The predicted molar refractivity (Wildman–Crippen MR) is 87.2 cm³/mol. The molecule has 2 aromatic rings. The third-order valence-corrected chi connectivity index (χ3v) is 4.00. The molecule has 24 heavy (non-hydrogen) atoms. The highest BCUT2D eigenvalue weighted by molar-refractivity contribution is 5.75. The van der Waals surface area contributed by atoms with E-state index in [4.69, 9.17) is 4.74 Å². The molecule has 128 valence electrons. The summed E-state index contributed by atoms with van der Waals surface area (Å²) in [5.74, 6) is 0.578. The molecule has 8 nitrogen and oxygen atoms in total. The number of nitrogens with one attached hydrogen (secondary N) is 1. The predicted octanol–water partition coefficient (Wildman–Crippen LogP) is 0.231. The quantitative estimate of drug-likeness (QED) is 0.816. The summed E-state index contributed by atoms with van der Waals surface area (Å²) in [6.07, 6.45) is 0. The lowest BCUT2D eigenvalue weighted by atomic mass is 10.0. The molecule has 8 heteroatoms. The fourth-order valence-electron chi connectivity index (χ4n) is 2.90. The number of carbonyl (C=O) groups excluding carboxylic acids is 1. The first-order valence-electron chi connectivity index (χ1n) is 8.19. The van der Waals surface area contributed by atoms with Gasteiger partial charge in [-0.25, -0.2) is 4.68 Å². The summed E-state index contributed by atoms with van der Waals surface area (Å²) in [6, 6.07) is 10.0. The van der Waals surface area contributed by atoms with Crippen molar-refractivity contribution in [2.45, 2.75) is 19.5 Å². The number of likely N-dealkylation sites (N-methyl/N-ethyl adjacent to an activating group) is 1. The molecule has 0 saturated carbocycles. The van der Waals surface area contributed by atoms with Crippen LogP contribution >= 0.6 is 0 Å². The summed E-state index contributed by atoms with van der Waals surface area (Å²) >= 11 is 0. The number of benzene rings is 1. The average molecular weight is 330 g/mol. The third-order valence-electron chi connectivity index (χ3n) is 4.00. The first-order valence-corrected chi connectivity index (χ1v) is 8.19. The molecule has 0 unspecified atom stereocenters. The third kappa shape index (κ3) is 3.77. The minimum Gasteiger partial charge on any atom is -0.379 e. The summed E-state index contributed by atoms with van der Waals surface area (Å²) in [6.45, 7) is 5.55. The van der Waals surface area contributed by atoms with E-state index in [0.717, 1.165) is 18.7 Å². The van der Waals surface area contributed by atoms with Crippen molar-refractivity contribution in [1.29, 1.82) is 0 Å². The number of hydrogen-bond donors (Lipinski definition) is 1. The molecule has 1 atom stereocenters. The number of aromatic nitrogens is 4. The highest BCUT2D eigenvalue weighted by Crippen LogP contribution is 2.27. The van der Waals surface area contributed by atoms with E-state index >= 15 is 0 Å². The van der Waals surface area contributed by atoms with Crippen LogP contribution in [0.1, 0.15) is 24.4 Å². The highest BCUT2D eigenvalue weighted by Gasteiger charge is 2.29. The van der Waals surface area contributed by atoms with E-state index in [9.17, 15) is 4.79 Å². The van der Waals surface area contributed by atoms with Crippen LogP contribution in [0.2, 0.25) is 0 Å². The first-order chi connectivity index (χ1) is 11.8. The Morgan fingerprint density at radius 1 is 1.29 bits per heavy atom. The van der Waals surface area contributed by atoms with Crippen molar-refractivity contribution in [3.05, 3.63) is 41.7 Å². The molecule has 1 aromatic carbocycles. The van der Waals surface area contributed by atoms with Crippen LogP contribution in [-0.2, 0) is 16.1 Å². The number of amides is 1. The number of ether oxygens (including phenoxy) is 1. The van der Waals surface area contributed by atoms with Gasteiger partial charge in [0.25, 0.3) is 0 Å². The van der Waals surface area contributed by atoms with Crippen LogP contribution in [0, 0.1) is 0 Å². The molecule has 1 saturated heterocycles. The van der Waals surface area contributed by atoms with Gasteiger partial charge in [-0.05, 0) is 22.9 Å². The Hall–Kier alpha value is -2.32. The fraction of sp³-hybridized carbons (Fsp3) is 0.500. The normalized spacial score (nSPS) is 16.7. The summed E-state index contributed by atoms with van der Waals surface area (Å²) < 4.78 is 7.05. The average Bonchev–Trinajstić information content (AvgIpc) is 3.05. The van der Waals surface area contributed by atoms with E-state index < -0.39 is 0 Å². The SMILES string of the molecule is CCNC(=O)Cn1nnnc1[C@H](c1ccccc1)N1CCOCC1. The molecule has 1 N–H and O–H groups in total. The lowest BCUT2D eigenvalue weighted by Crippen LogP contribution is -2.41. The second-order valence-corrected chi connectivity index (χ2v) is 5.61. The van der Waals surface area contributed by atoms with Crippen molar-refractivity contribution >= 4 is 5.91 Å². The van der Waals surface area contributed by atoms with Crippen molar-refractivity contribution < 1.29 is 9.53 Å². The van der Waals surface area contributed by atoms with Crippen molar-refractivity contribution in [2.75, 3.05) is 32.8 Å². The minimum atomic E-state index is -0.0977. The van der Waals surface area contributed by atoms with Crippen LogP contribution in [0.15, 0.2) is 30.3 Å². The topological polar surface area (TPSA) is 85.2 Å². The Balaban J connectivity index is 1.91. The molecule has 0 bridgehead atoms. The number of carbonyl (C=O) groups is 1. The van der Waals surface area contributed by atoms with Gasteiger partial charge >= 0.3 is 0 Å². The van der Waals surface area contributed by atoms with E-state index in [1.54, 1.807) is 4.68 Å². The van der Waals surface area contributed by atoms with E-state index in [1.165, 1.54) is 0 Å². The maximum Gasteiger partial charge on any atom is 0.241 e. The molecular formula is C16H22N6O2. The van der Waals surface area contributed by atoms with Gasteiger partial charge in [-0.3, -0.25) is 9.69 Å². The Kier molecular flexibility index (Phi) is 5.50. The second kappa shape index (κ2) is 7.98. The van der Waals surface area contributed by atoms with Crippen LogP contribution in [0.5, 0.6) is 0 Å². The van der Waals surface area contributed by atoms with Gasteiger partial charge < -0.3 is 10.1 Å². The van der Waals surface area contributed by atoms with Crippen LogP contribution in [-0.4, -0.2) is 63.9 Å². The van der Waals surface area contributed by atoms with Gasteiger partial charge in [0.05, 0.1) is 19.3 Å². The van der Waals surface area contributed by atoms with Crippen LogP contribution in [0.25, 0.3) is 0 Å². The summed E-state index contributed by atoms with van der Waals surface area (Å²) in [7, 11) is 0. The molecule has 0 aliphatic carbocycles. The lowest BCUT2D eigenvalue weighted by molar-refractivity contribution is -0.121. The van der Waals surface area contributed by atoms with Crippen molar-refractivity contribution in [3.8, 4) is 0 Å². The number of rotatable bonds is 6. The van der Waals surface area contributed by atoms with Gasteiger partial charge in [-0.15, -0.1) is 5.10 Å². The lowest BCUT2D eigenvalue weighted by Gasteiger charge is -2.33. The maximum atomic E-state index is 11.9. The van der Waals surface area contributed by atoms with Crippen molar-refractivity contribution in [3.63, 3.8) is 0 Å². The summed E-state index contributed by atoms with van der Waals surface area (Å²) in [5.41, 5.74) is 1.10. The van der Waals surface area contributed by atoms with Gasteiger partial charge in [0.15, 0.2) is 5.82 Å². The highest BCUT2D eigenvalue weighted by atomic mass is 16.5. The zero-order valence-electron chi connectivity index (χ0n) is 13.8. The zero-order valence-corrected chi connectivity index (χ0v) is 13.8. The second-order valence-electron chi connectivity index (χ2n) is 5.61. The summed E-state index contributed by atoms with van der Waals surface area (Å²) in [5, 5.41) is 14.8. The molecule has 0 radical (unpaired) electrons. The van der Waals surface area contributed by atoms with Crippen LogP contribution in [0.3, 0.4) is 0 Å². The molecule has 1 aliphatic rings.